The molecule has 0 aliphatic carbocycles. The van der Waals surface area contributed by atoms with E-state index in [1.54, 1.807) is 7.11 Å². The summed E-state index contributed by atoms with van der Waals surface area (Å²) in [5.41, 5.74) is 1.61. The monoisotopic (exact) mass is 341 g/mol. The lowest BCUT2D eigenvalue weighted by Crippen LogP contribution is -2.23. The summed E-state index contributed by atoms with van der Waals surface area (Å²) in [5.74, 6) is 0.445. The maximum absolute atomic E-state index is 12.7. The van der Waals surface area contributed by atoms with Gasteiger partial charge in [0, 0.05) is 6.54 Å². The van der Waals surface area contributed by atoms with Crippen molar-refractivity contribution >= 4 is 27.5 Å². The molecule has 0 aliphatic heterocycles. The highest BCUT2D eigenvalue weighted by Crippen LogP contribution is 2.26. The van der Waals surface area contributed by atoms with E-state index in [1.807, 2.05) is 54.6 Å². The third kappa shape index (κ3) is 3.11. The zero-order valence-electron chi connectivity index (χ0n) is 14.5. The fourth-order valence-corrected chi connectivity index (χ4v) is 3.19. The van der Waals surface area contributed by atoms with Gasteiger partial charge in [0.15, 0.2) is 0 Å². The molecule has 1 N–H and O–H groups in total. The van der Waals surface area contributed by atoms with Gasteiger partial charge in [0.1, 0.15) is 5.75 Å². The molecule has 4 rings (SSSR count). The molecule has 4 aromatic carbocycles. The third-order valence-electron chi connectivity index (χ3n) is 4.58. The molecule has 0 atom stereocenters. The normalized spacial score (nSPS) is 10.8. The van der Waals surface area contributed by atoms with Crippen LogP contribution in [0.1, 0.15) is 15.9 Å². The first-order valence-corrected chi connectivity index (χ1v) is 8.57. The number of carbonyl (C=O) groups excluding carboxylic acids is 1. The van der Waals surface area contributed by atoms with E-state index < -0.39 is 0 Å². The first kappa shape index (κ1) is 16.2. The molecule has 3 nitrogen and oxygen atoms in total. The highest BCUT2D eigenvalue weighted by atomic mass is 16.5. The second-order valence-corrected chi connectivity index (χ2v) is 6.26. The van der Waals surface area contributed by atoms with Crippen LogP contribution in [0.5, 0.6) is 5.75 Å². The van der Waals surface area contributed by atoms with Crippen molar-refractivity contribution in [3.8, 4) is 5.75 Å². The summed E-state index contributed by atoms with van der Waals surface area (Å²) in [6.07, 6.45) is 0. The van der Waals surface area contributed by atoms with E-state index in [0.29, 0.717) is 17.9 Å². The summed E-state index contributed by atoms with van der Waals surface area (Å²) in [6, 6.07) is 26.1. The Hall–Kier alpha value is -3.33. The van der Waals surface area contributed by atoms with Crippen molar-refractivity contribution in [2.24, 2.45) is 0 Å². The molecule has 128 valence electrons. The van der Waals surface area contributed by atoms with Crippen molar-refractivity contribution in [2.75, 3.05) is 7.11 Å². The fraction of sp³-hybridized carbons (Fsp3) is 0.0870. The predicted octanol–water partition coefficient (Wildman–Crippen LogP) is 4.93. The van der Waals surface area contributed by atoms with Crippen LogP contribution in [0.25, 0.3) is 21.5 Å². The first-order valence-electron chi connectivity index (χ1n) is 8.57. The summed E-state index contributed by atoms with van der Waals surface area (Å²) in [4.78, 5) is 12.7. The van der Waals surface area contributed by atoms with E-state index in [2.05, 4.69) is 29.6 Å². The standard InChI is InChI=1S/C23H19NO2/c1-26-22-14-20-9-5-4-8-19(20)13-21(22)23(25)24-15-16-10-11-17-6-2-3-7-18(17)12-16/h2-14H,15H2,1H3,(H,24,25). The van der Waals surface area contributed by atoms with Crippen LogP contribution in [0.2, 0.25) is 0 Å². The number of rotatable bonds is 4. The molecule has 0 heterocycles. The average molecular weight is 341 g/mol. The molecule has 0 saturated heterocycles. The van der Waals surface area contributed by atoms with Crippen molar-refractivity contribution in [2.45, 2.75) is 6.54 Å². The molecule has 0 unspecified atom stereocenters. The van der Waals surface area contributed by atoms with Crippen LogP contribution in [0.3, 0.4) is 0 Å². The first-order chi connectivity index (χ1) is 12.7. The van der Waals surface area contributed by atoms with E-state index in [0.717, 1.165) is 16.3 Å². The Bertz CT molecular complexity index is 1100. The maximum atomic E-state index is 12.7. The van der Waals surface area contributed by atoms with Crippen molar-refractivity contribution in [1.82, 2.24) is 5.32 Å². The lowest BCUT2D eigenvalue weighted by atomic mass is 10.0. The van der Waals surface area contributed by atoms with Gasteiger partial charge in [-0.25, -0.2) is 0 Å². The highest BCUT2D eigenvalue weighted by Gasteiger charge is 2.13. The Kier molecular flexibility index (Phi) is 4.28. The number of benzene rings is 4. The zero-order chi connectivity index (χ0) is 17.9. The van der Waals surface area contributed by atoms with Crippen molar-refractivity contribution < 1.29 is 9.53 Å². The minimum Gasteiger partial charge on any atom is -0.496 e. The number of methoxy groups -OCH3 is 1. The van der Waals surface area contributed by atoms with Gasteiger partial charge in [0.05, 0.1) is 12.7 Å². The van der Waals surface area contributed by atoms with Crippen LogP contribution in [-0.2, 0) is 6.54 Å². The highest BCUT2D eigenvalue weighted by molar-refractivity contribution is 6.01. The fourth-order valence-electron chi connectivity index (χ4n) is 3.19. The molecule has 0 radical (unpaired) electrons. The molecule has 0 saturated carbocycles. The van der Waals surface area contributed by atoms with Crippen LogP contribution < -0.4 is 10.1 Å². The topological polar surface area (TPSA) is 38.3 Å². The van der Waals surface area contributed by atoms with E-state index in [1.165, 1.54) is 10.8 Å². The number of carbonyl (C=O) groups is 1. The van der Waals surface area contributed by atoms with Crippen molar-refractivity contribution in [3.63, 3.8) is 0 Å². The lowest BCUT2D eigenvalue weighted by molar-refractivity contribution is 0.0948. The molecule has 4 aromatic rings. The Labute approximate surface area is 152 Å². The number of amides is 1. The number of fused-ring (bicyclic) bond motifs is 2. The van der Waals surface area contributed by atoms with Crippen LogP contribution in [-0.4, -0.2) is 13.0 Å². The summed E-state index contributed by atoms with van der Waals surface area (Å²) in [7, 11) is 1.59. The summed E-state index contributed by atoms with van der Waals surface area (Å²) < 4.78 is 5.42. The van der Waals surface area contributed by atoms with Gasteiger partial charge in [-0.1, -0.05) is 60.7 Å². The zero-order valence-corrected chi connectivity index (χ0v) is 14.5. The van der Waals surface area contributed by atoms with E-state index in [4.69, 9.17) is 4.74 Å². The van der Waals surface area contributed by atoms with Gasteiger partial charge in [0.2, 0.25) is 0 Å². The summed E-state index contributed by atoms with van der Waals surface area (Å²) in [5, 5.41) is 7.43. The molecular formula is C23H19NO2. The number of hydrogen-bond acceptors (Lipinski definition) is 2. The van der Waals surface area contributed by atoms with E-state index in [9.17, 15) is 4.79 Å². The lowest BCUT2D eigenvalue weighted by Gasteiger charge is -2.11. The van der Waals surface area contributed by atoms with Gasteiger partial charge in [-0.3, -0.25) is 4.79 Å². The Morgan fingerprint density at radius 3 is 2.12 bits per heavy atom. The molecule has 3 heteroatoms. The minimum absolute atomic E-state index is 0.138. The smallest absolute Gasteiger partial charge is 0.255 e. The Morgan fingerprint density at radius 2 is 1.42 bits per heavy atom. The molecule has 1 amide bonds. The number of ether oxygens (including phenoxy) is 1. The largest absolute Gasteiger partial charge is 0.496 e. The second kappa shape index (κ2) is 6.89. The molecule has 0 bridgehead atoms. The van der Waals surface area contributed by atoms with Gasteiger partial charge < -0.3 is 10.1 Å². The average Bonchev–Trinajstić information content (AvgIpc) is 2.70. The number of nitrogens with one attached hydrogen (secondary N) is 1. The van der Waals surface area contributed by atoms with Gasteiger partial charge in [0.25, 0.3) is 5.91 Å². The van der Waals surface area contributed by atoms with Crippen LogP contribution in [0, 0.1) is 0 Å². The van der Waals surface area contributed by atoms with E-state index in [-0.39, 0.29) is 5.91 Å². The molecule has 26 heavy (non-hydrogen) atoms. The molecular weight excluding hydrogens is 322 g/mol. The van der Waals surface area contributed by atoms with Crippen LogP contribution >= 0.6 is 0 Å². The Morgan fingerprint density at radius 1 is 0.808 bits per heavy atom. The van der Waals surface area contributed by atoms with Gasteiger partial charge in [-0.15, -0.1) is 0 Å². The summed E-state index contributed by atoms with van der Waals surface area (Å²) in [6.45, 7) is 0.472. The molecule has 0 aliphatic rings. The van der Waals surface area contributed by atoms with Crippen molar-refractivity contribution in [3.05, 3.63) is 90.0 Å². The van der Waals surface area contributed by atoms with Crippen molar-refractivity contribution in [1.29, 1.82) is 0 Å². The van der Waals surface area contributed by atoms with Crippen LogP contribution in [0.4, 0.5) is 0 Å². The van der Waals surface area contributed by atoms with E-state index >= 15 is 0 Å². The predicted molar refractivity (Wildman–Crippen MR) is 106 cm³/mol. The molecule has 0 spiro atoms. The van der Waals surface area contributed by atoms with Gasteiger partial charge >= 0.3 is 0 Å². The minimum atomic E-state index is -0.138. The molecule has 0 aromatic heterocycles. The number of hydrogen-bond donors (Lipinski definition) is 1. The SMILES string of the molecule is COc1cc2ccccc2cc1C(=O)NCc1ccc2ccccc2c1. The van der Waals surface area contributed by atoms with Gasteiger partial charge in [-0.2, -0.15) is 0 Å². The third-order valence-corrected chi connectivity index (χ3v) is 4.58. The summed E-state index contributed by atoms with van der Waals surface area (Å²) >= 11 is 0. The van der Waals surface area contributed by atoms with Gasteiger partial charge in [-0.05, 0) is 45.3 Å². The Balaban J connectivity index is 1.58. The van der Waals surface area contributed by atoms with Crippen LogP contribution in [0.15, 0.2) is 78.9 Å². The maximum Gasteiger partial charge on any atom is 0.255 e. The second-order valence-electron chi connectivity index (χ2n) is 6.26. The molecule has 0 fully saturated rings. The quantitative estimate of drug-likeness (QED) is 0.571.